The summed E-state index contributed by atoms with van der Waals surface area (Å²) >= 11 is 0. The van der Waals surface area contributed by atoms with Crippen LogP contribution in [0.1, 0.15) is 27.8 Å². The molecule has 0 bridgehead atoms. The Morgan fingerprint density at radius 2 is 2.26 bits per heavy atom. The Bertz CT molecular complexity index is 692. The van der Waals surface area contributed by atoms with Crippen LogP contribution in [0.15, 0.2) is 30.6 Å². The molecule has 0 aliphatic carbocycles. The van der Waals surface area contributed by atoms with Gasteiger partial charge in [-0.3, -0.25) is 9.78 Å². The van der Waals surface area contributed by atoms with E-state index in [1.165, 1.54) is 12.4 Å². The number of hydrogen-bond acceptors (Lipinski definition) is 6. The standard InChI is InChI=1S/C16H19N5O2/c1-11-7-13(17-2)8-14(20-11)15-10-21(5-6-23-15)16(22)12-3-4-18-19-9-12/h3-4,7-9,15H,5-6,10H2,1-2H3,(H,17,20)/t15-/m0/s1. The molecule has 3 rings (SSSR count). The molecule has 0 saturated carbocycles. The van der Waals surface area contributed by atoms with Gasteiger partial charge in [0.05, 0.1) is 36.8 Å². The van der Waals surface area contributed by atoms with Crippen LogP contribution in [0.25, 0.3) is 0 Å². The summed E-state index contributed by atoms with van der Waals surface area (Å²) in [7, 11) is 1.87. The van der Waals surface area contributed by atoms with Crippen LogP contribution in [0.2, 0.25) is 0 Å². The first-order chi connectivity index (χ1) is 11.2. The SMILES string of the molecule is CNc1cc(C)nc([C@@H]2CN(C(=O)c3ccnnc3)CCO2)c1. The summed E-state index contributed by atoms with van der Waals surface area (Å²) < 4.78 is 5.82. The number of aryl methyl sites for hydroxylation is 1. The van der Waals surface area contributed by atoms with E-state index in [4.69, 9.17) is 4.74 Å². The molecule has 0 unspecified atom stereocenters. The molecule has 120 valence electrons. The summed E-state index contributed by atoms with van der Waals surface area (Å²) in [6.45, 7) is 3.46. The second-order valence-electron chi connectivity index (χ2n) is 5.41. The highest BCUT2D eigenvalue weighted by molar-refractivity contribution is 5.93. The van der Waals surface area contributed by atoms with Crippen LogP contribution in [0, 0.1) is 6.92 Å². The van der Waals surface area contributed by atoms with Crippen molar-refractivity contribution in [1.82, 2.24) is 20.1 Å². The number of ether oxygens (including phenoxy) is 1. The van der Waals surface area contributed by atoms with Crippen LogP contribution in [0.3, 0.4) is 0 Å². The number of aromatic nitrogens is 3. The molecule has 2 aromatic heterocycles. The molecule has 1 aliphatic heterocycles. The third-order valence-electron chi connectivity index (χ3n) is 3.78. The van der Waals surface area contributed by atoms with E-state index in [0.29, 0.717) is 25.3 Å². The second kappa shape index (κ2) is 6.70. The predicted molar refractivity (Wildman–Crippen MR) is 85.1 cm³/mol. The highest BCUT2D eigenvalue weighted by atomic mass is 16.5. The number of morpholine rings is 1. The van der Waals surface area contributed by atoms with Crippen LogP contribution in [-0.2, 0) is 4.74 Å². The fourth-order valence-corrected chi connectivity index (χ4v) is 2.62. The Morgan fingerprint density at radius 1 is 1.39 bits per heavy atom. The van der Waals surface area contributed by atoms with Gasteiger partial charge >= 0.3 is 0 Å². The maximum absolute atomic E-state index is 12.5. The zero-order valence-electron chi connectivity index (χ0n) is 13.2. The number of amides is 1. The van der Waals surface area contributed by atoms with Crippen LogP contribution in [0.5, 0.6) is 0 Å². The quantitative estimate of drug-likeness (QED) is 0.923. The van der Waals surface area contributed by atoms with Gasteiger partial charge in [0.25, 0.3) is 5.91 Å². The third-order valence-corrected chi connectivity index (χ3v) is 3.78. The Kier molecular flexibility index (Phi) is 4.47. The van der Waals surface area contributed by atoms with E-state index in [1.54, 1.807) is 11.0 Å². The first kappa shape index (κ1) is 15.4. The minimum atomic E-state index is -0.227. The van der Waals surface area contributed by atoms with Crippen molar-refractivity contribution in [1.29, 1.82) is 0 Å². The van der Waals surface area contributed by atoms with Gasteiger partial charge in [-0.1, -0.05) is 0 Å². The van der Waals surface area contributed by atoms with E-state index in [1.807, 2.05) is 26.1 Å². The fourth-order valence-electron chi connectivity index (χ4n) is 2.62. The molecule has 2 aromatic rings. The van der Waals surface area contributed by atoms with E-state index in [-0.39, 0.29) is 12.0 Å². The minimum Gasteiger partial charge on any atom is -0.388 e. The fraction of sp³-hybridized carbons (Fsp3) is 0.375. The monoisotopic (exact) mass is 313 g/mol. The summed E-state index contributed by atoms with van der Waals surface area (Å²) in [4.78, 5) is 18.9. The van der Waals surface area contributed by atoms with Gasteiger partial charge < -0.3 is 15.0 Å². The van der Waals surface area contributed by atoms with Crippen molar-refractivity contribution < 1.29 is 9.53 Å². The molecule has 7 heteroatoms. The molecule has 1 aliphatic rings. The third kappa shape index (κ3) is 3.45. The van der Waals surface area contributed by atoms with Crippen LogP contribution in [0.4, 0.5) is 5.69 Å². The smallest absolute Gasteiger partial charge is 0.255 e. The lowest BCUT2D eigenvalue weighted by molar-refractivity contribution is -0.0247. The van der Waals surface area contributed by atoms with Crippen LogP contribution in [-0.4, -0.2) is 52.7 Å². The second-order valence-corrected chi connectivity index (χ2v) is 5.41. The van der Waals surface area contributed by atoms with Gasteiger partial charge in [0.15, 0.2) is 0 Å². The Balaban J connectivity index is 1.78. The number of pyridine rings is 1. The maximum Gasteiger partial charge on any atom is 0.255 e. The molecular weight excluding hydrogens is 294 g/mol. The summed E-state index contributed by atoms with van der Waals surface area (Å²) in [5.41, 5.74) is 3.27. The molecule has 0 radical (unpaired) electrons. The number of nitrogens with zero attached hydrogens (tertiary/aromatic N) is 4. The number of nitrogens with one attached hydrogen (secondary N) is 1. The summed E-state index contributed by atoms with van der Waals surface area (Å²) in [5, 5.41) is 10.6. The Morgan fingerprint density at radius 3 is 3.00 bits per heavy atom. The van der Waals surface area contributed by atoms with Gasteiger partial charge in [0.1, 0.15) is 6.10 Å². The van der Waals surface area contributed by atoms with Crippen molar-refractivity contribution in [2.75, 3.05) is 32.1 Å². The molecule has 1 fully saturated rings. The van der Waals surface area contributed by atoms with E-state index >= 15 is 0 Å². The van der Waals surface area contributed by atoms with E-state index in [9.17, 15) is 4.79 Å². The molecule has 1 amide bonds. The largest absolute Gasteiger partial charge is 0.388 e. The van der Waals surface area contributed by atoms with Crippen molar-refractivity contribution in [2.45, 2.75) is 13.0 Å². The lowest BCUT2D eigenvalue weighted by Gasteiger charge is -2.33. The van der Waals surface area contributed by atoms with E-state index in [0.717, 1.165) is 17.1 Å². The predicted octanol–water partition coefficient (Wildman–Crippen LogP) is 1.44. The summed E-state index contributed by atoms with van der Waals surface area (Å²) in [6.07, 6.45) is 2.78. The van der Waals surface area contributed by atoms with Crippen molar-refractivity contribution in [3.8, 4) is 0 Å². The first-order valence-corrected chi connectivity index (χ1v) is 7.51. The van der Waals surface area contributed by atoms with Crippen molar-refractivity contribution in [3.63, 3.8) is 0 Å². The average Bonchev–Trinajstić information content (AvgIpc) is 2.61. The van der Waals surface area contributed by atoms with Gasteiger partial charge in [0, 0.05) is 25.0 Å². The van der Waals surface area contributed by atoms with Gasteiger partial charge in [-0.25, -0.2) is 0 Å². The van der Waals surface area contributed by atoms with Gasteiger partial charge in [-0.05, 0) is 25.1 Å². The summed E-state index contributed by atoms with van der Waals surface area (Å²) in [6, 6.07) is 5.60. The highest BCUT2D eigenvalue weighted by Gasteiger charge is 2.27. The number of rotatable bonds is 3. The number of carbonyl (C=O) groups is 1. The van der Waals surface area contributed by atoms with Crippen LogP contribution >= 0.6 is 0 Å². The number of carbonyl (C=O) groups excluding carboxylic acids is 1. The van der Waals surface area contributed by atoms with Crippen molar-refractivity contribution in [2.24, 2.45) is 0 Å². The van der Waals surface area contributed by atoms with Crippen molar-refractivity contribution in [3.05, 3.63) is 47.5 Å². The van der Waals surface area contributed by atoms with Crippen LogP contribution < -0.4 is 5.32 Å². The lowest BCUT2D eigenvalue weighted by atomic mass is 10.1. The Hall–Kier alpha value is -2.54. The molecule has 7 nitrogen and oxygen atoms in total. The molecular formula is C16H19N5O2. The molecule has 1 atom stereocenters. The maximum atomic E-state index is 12.5. The lowest BCUT2D eigenvalue weighted by Crippen LogP contribution is -2.42. The molecule has 1 saturated heterocycles. The van der Waals surface area contributed by atoms with Gasteiger partial charge in [-0.15, -0.1) is 0 Å². The topological polar surface area (TPSA) is 80.2 Å². The van der Waals surface area contributed by atoms with E-state index in [2.05, 4.69) is 20.5 Å². The van der Waals surface area contributed by atoms with Crippen molar-refractivity contribution >= 4 is 11.6 Å². The van der Waals surface area contributed by atoms with E-state index < -0.39 is 0 Å². The average molecular weight is 313 g/mol. The molecule has 1 N–H and O–H groups in total. The summed E-state index contributed by atoms with van der Waals surface area (Å²) in [5.74, 6) is -0.0605. The Labute approximate surface area is 134 Å². The number of hydrogen-bond donors (Lipinski definition) is 1. The molecule has 0 spiro atoms. The molecule has 23 heavy (non-hydrogen) atoms. The van der Waals surface area contributed by atoms with Gasteiger partial charge in [-0.2, -0.15) is 10.2 Å². The molecule has 3 heterocycles. The first-order valence-electron chi connectivity index (χ1n) is 7.51. The minimum absolute atomic E-state index is 0.0605. The zero-order valence-corrected chi connectivity index (χ0v) is 13.2. The highest BCUT2D eigenvalue weighted by Crippen LogP contribution is 2.24. The normalized spacial score (nSPS) is 17.8. The molecule has 0 aromatic carbocycles. The van der Waals surface area contributed by atoms with Gasteiger partial charge in [0.2, 0.25) is 0 Å². The number of anilines is 1. The zero-order chi connectivity index (χ0) is 16.2.